The van der Waals surface area contributed by atoms with E-state index in [2.05, 4.69) is 4.98 Å². The van der Waals surface area contributed by atoms with E-state index in [1.54, 1.807) is 0 Å². The molecule has 0 atom stereocenters. The summed E-state index contributed by atoms with van der Waals surface area (Å²) in [5, 5.41) is 9.38. The number of aromatic hydroxyl groups is 1. The van der Waals surface area contributed by atoms with Gasteiger partial charge in [-0.1, -0.05) is 11.6 Å². The molecule has 0 bridgehead atoms. The highest BCUT2D eigenvalue weighted by Gasteiger charge is 2.60. The lowest BCUT2D eigenvalue weighted by atomic mass is 10.1. The maximum Gasteiger partial charge on any atom is 0.407 e. The number of nitrogens with zero attached hydrogens (tertiary/aromatic N) is 2. The van der Waals surface area contributed by atoms with Crippen molar-refractivity contribution in [2.24, 2.45) is 0 Å². The first-order valence-electron chi connectivity index (χ1n) is 7.54. The summed E-state index contributed by atoms with van der Waals surface area (Å²) in [7, 11) is 0. The summed E-state index contributed by atoms with van der Waals surface area (Å²) in [6.45, 7) is 0. The summed E-state index contributed by atoms with van der Waals surface area (Å²) in [6, 6.07) is 7.58. The molecular formula is C17H9ClF6N2O2. The molecule has 3 aromatic rings. The number of alkyl halides is 6. The quantitative estimate of drug-likeness (QED) is 0.594. The Kier molecular flexibility index (Phi) is 4.78. The second-order valence-electron chi connectivity index (χ2n) is 5.80. The molecule has 0 fully saturated rings. The average molecular weight is 423 g/mol. The smallest absolute Gasteiger partial charge is 0.407 e. The monoisotopic (exact) mass is 422 g/mol. The van der Waals surface area contributed by atoms with Gasteiger partial charge in [0.1, 0.15) is 11.6 Å². The Bertz CT molecular complexity index is 1080. The number of benzene rings is 2. The van der Waals surface area contributed by atoms with Gasteiger partial charge >= 0.3 is 12.4 Å². The van der Waals surface area contributed by atoms with Crippen LogP contribution in [0.3, 0.4) is 0 Å². The van der Waals surface area contributed by atoms with Gasteiger partial charge in [-0.15, -0.1) is 0 Å². The average Bonchev–Trinajstić information content (AvgIpc) is 2.53. The summed E-state index contributed by atoms with van der Waals surface area (Å²) in [6.07, 6.45) is -11.5. The van der Waals surface area contributed by atoms with E-state index in [0.717, 1.165) is 30.3 Å². The van der Waals surface area contributed by atoms with Crippen LogP contribution in [0.2, 0.25) is 5.02 Å². The molecule has 0 radical (unpaired) electrons. The Labute approximate surface area is 157 Å². The van der Waals surface area contributed by atoms with Crippen molar-refractivity contribution >= 4 is 22.5 Å². The van der Waals surface area contributed by atoms with Crippen LogP contribution in [-0.2, 0) is 0 Å². The first-order chi connectivity index (χ1) is 12.9. The number of aromatic nitrogens is 2. The van der Waals surface area contributed by atoms with Gasteiger partial charge in [-0.2, -0.15) is 26.3 Å². The molecule has 0 amide bonds. The van der Waals surface area contributed by atoms with Gasteiger partial charge in [0, 0.05) is 11.1 Å². The van der Waals surface area contributed by atoms with Crippen molar-refractivity contribution in [2.75, 3.05) is 0 Å². The SMILES string of the molecule is O=c1c2ccc(O)cc2nc(C(C(F)(F)F)C(F)(F)F)n1-c1ccc(Cl)cc1. The fourth-order valence-electron chi connectivity index (χ4n) is 2.70. The predicted molar refractivity (Wildman–Crippen MR) is 88.9 cm³/mol. The minimum Gasteiger partial charge on any atom is -0.508 e. The summed E-state index contributed by atoms with van der Waals surface area (Å²) in [5.74, 6) is -6.05. The summed E-state index contributed by atoms with van der Waals surface area (Å²) in [4.78, 5) is 16.2. The van der Waals surface area contributed by atoms with E-state index >= 15 is 0 Å². The first-order valence-corrected chi connectivity index (χ1v) is 7.92. The van der Waals surface area contributed by atoms with Crippen molar-refractivity contribution in [3.8, 4) is 11.4 Å². The van der Waals surface area contributed by atoms with Crippen LogP contribution in [-0.4, -0.2) is 27.0 Å². The number of halogens is 7. The normalized spacial score (nSPS) is 12.7. The van der Waals surface area contributed by atoms with Gasteiger partial charge < -0.3 is 5.11 Å². The van der Waals surface area contributed by atoms with E-state index in [1.807, 2.05) is 0 Å². The zero-order valence-electron chi connectivity index (χ0n) is 13.5. The predicted octanol–water partition coefficient (Wildman–Crippen LogP) is 4.95. The van der Waals surface area contributed by atoms with Crippen molar-refractivity contribution < 1.29 is 31.4 Å². The summed E-state index contributed by atoms with van der Waals surface area (Å²) in [5.41, 5.74) is -1.92. The Morgan fingerprint density at radius 2 is 1.54 bits per heavy atom. The molecule has 11 heteroatoms. The number of hydrogen-bond acceptors (Lipinski definition) is 3. The Morgan fingerprint density at radius 1 is 0.964 bits per heavy atom. The second-order valence-corrected chi connectivity index (χ2v) is 6.24. The van der Waals surface area contributed by atoms with Crippen LogP contribution in [0, 0.1) is 0 Å². The molecule has 4 nitrogen and oxygen atoms in total. The fourth-order valence-corrected chi connectivity index (χ4v) is 2.83. The molecule has 1 N–H and O–H groups in total. The summed E-state index contributed by atoms with van der Waals surface area (Å²) < 4.78 is 80.2. The van der Waals surface area contributed by atoms with Crippen molar-refractivity contribution in [3.63, 3.8) is 0 Å². The molecule has 0 aliphatic carbocycles. The molecule has 1 aromatic heterocycles. The van der Waals surface area contributed by atoms with Crippen LogP contribution in [0.25, 0.3) is 16.6 Å². The minimum atomic E-state index is -5.77. The third-order valence-corrected chi connectivity index (χ3v) is 4.13. The Morgan fingerprint density at radius 3 is 2.07 bits per heavy atom. The third-order valence-electron chi connectivity index (χ3n) is 3.88. The van der Waals surface area contributed by atoms with Crippen molar-refractivity contribution in [3.05, 3.63) is 63.7 Å². The lowest BCUT2D eigenvalue weighted by molar-refractivity contribution is -0.255. The molecule has 0 aliphatic heterocycles. The first kappa shape index (κ1) is 20.0. The van der Waals surface area contributed by atoms with Crippen LogP contribution >= 0.6 is 11.6 Å². The molecule has 0 aliphatic rings. The van der Waals surface area contributed by atoms with Crippen molar-refractivity contribution in [1.82, 2.24) is 9.55 Å². The molecule has 0 unspecified atom stereocenters. The van der Waals surface area contributed by atoms with Crippen LogP contribution < -0.4 is 5.56 Å². The van der Waals surface area contributed by atoms with E-state index < -0.39 is 40.9 Å². The fraction of sp³-hybridized carbons (Fsp3) is 0.176. The molecule has 3 rings (SSSR count). The van der Waals surface area contributed by atoms with E-state index in [0.29, 0.717) is 0 Å². The van der Waals surface area contributed by atoms with Gasteiger partial charge in [0.15, 0.2) is 0 Å². The largest absolute Gasteiger partial charge is 0.508 e. The van der Waals surface area contributed by atoms with Gasteiger partial charge in [0.2, 0.25) is 5.92 Å². The van der Waals surface area contributed by atoms with Crippen molar-refractivity contribution in [2.45, 2.75) is 18.3 Å². The molecule has 0 saturated carbocycles. The van der Waals surface area contributed by atoms with Gasteiger partial charge in [0.05, 0.1) is 16.6 Å². The standard InChI is InChI=1S/C17H9ClF6N2O2/c18-8-1-3-9(4-2-8)26-14(13(16(19,20)21)17(22,23)24)25-12-7-10(27)5-6-11(12)15(26)28/h1-7,13,27H. The highest BCUT2D eigenvalue weighted by Crippen LogP contribution is 2.46. The number of phenolic OH excluding ortho intramolecular Hbond substituents is 1. The maximum atomic E-state index is 13.3. The van der Waals surface area contributed by atoms with Crippen LogP contribution in [0.15, 0.2) is 47.3 Å². The van der Waals surface area contributed by atoms with E-state index in [9.17, 15) is 36.2 Å². The summed E-state index contributed by atoms with van der Waals surface area (Å²) >= 11 is 5.71. The number of hydrogen-bond donors (Lipinski definition) is 1. The molecule has 0 saturated heterocycles. The number of rotatable bonds is 2. The Balaban J connectivity index is 2.47. The van der Waals surface area contributed by atoms with Crippen molar-refractivity contribution in [1.29, 1.82) is 0 Å². The number of phenols is 1. The molecular weight excluding hydrogens is 414 g/mol. The van der Waals surface area contributed by atoms with E-state index in [4.69, 9.17) is 11.6 Å². The number of fused-ring (bicyclic) bond motifs is 1. The highest BCUT2D eigenvalue weighted by molar-refractivity contribution is 6.30. The third kappa shape index (κ3) is 3.64. The molecule has 148 valence electrons. The molecule has 28 heavy (non-hydrogen) atoms. The molecule has 2 aromatic carbocycles. The van der Waals surface area contributed by atoms with Gasteiger partial charge in [0.25, 0.3) is 5.56 Å². The topological polar surface area (TPSA) is 55.1 Å². The molecule has 0 spiro atoms. The van der Waals surface area contributed by atoms with Gasteiger partial charge in [-0.3, -0.25) is 9.36 Å². The van der Waals surface area contributed by atoms with Crippen LogP contribution in [0.4, 0.5) is 26.3 Å². The van der Waals surface area contributed by atoms with E-state index in [-0.39, 0.29) is 20.7 Å². The minimum absolute atomic E-state index is 0.167. The van der Waals surface area contributed by atoms with Crippen LogP contribution in [0.5, 0.6) is 5.75 Å². The maximum absolute atomic E-state index is 13.3. The lowest BCUT2D eigenvalue weighted by Gasteiger charge is -2.25. The highest BCUT2D eigenvalue weighted by atomic mass is 35.5. The second kappa shape index (κ2) is 6.69. The van der Waals surface area contributed by atoms with Gasteiger partial charge in [-0.05, 0) is 36.4 Å². The zero-order chi connectivity index (χ0) is 20.9. The zero-order valence-corrected chi connectivity index (χ0v) is 14.3. The van der Waals surface area contributed by atoms with Crippen LogP contribution in [0.1, 0.15) is 11.7 Å². The molecule has 1 heterocycles. The lowest BCUT2D eigenvalue weighted by Crippen LogP contribution is -2.39. The van der Waals surface area contributed by atoms with Gasteiger partial charge in [-0.25, -0.2) is 4.98 Å². The Hall–Kier alpha value is -2.75. The van der Waals surface area contributed by atoms with E-state index in [1.165, 1.54) is 12.1 Å².